The molecule has 3 nitrogen and oxygen atoms in total. The normalized spacial score (nSPS) is 12.8. The summed E-state index contributed by atoms with van der Waals surface area (Å²) in [7, 11) is 2.18. The number of aromatic nitrogens is 1. The Morgan fingerprint density at radius 1 is 1.30 bits per heavy atom. The summed E-state index contributed by atoms with van der Waals surface area (Å²) in [5.41, 5.74) is 2.27. The molecule has 1 aromatic heterocycles. The Kier molecular flexibility index (Phi) is 8.47. The zero-order chi connectivity index (χ0) is 14.8. The lowest BCUT2D eigenvalue weighted by molar-refractivity contribution is 0.304. The minimum Gasteiger partial charge on any atom is -0.314 e. The summed E-state index contributed by atoms with van der Waals surface area (Å²) in [6, 6.07) is 6.93. The number of nitrogens with one attached hydrogen (secondary N) is 1. The van der Waals surface area contributed by atoms with Crippen molar-refractivity contribution in [2.45, 2.75) is 59.0 Å². The molecule has 1 heterocycles. The molecule has 1 rings (SSSR count). The molecule has 20 heavy (non-hydrogen) atoms. The Labute approximate surface area is 124 Å². The first-order valence-electron chi connectivity index (χ1n) is 8.00. The highest BCUT2D eigenvalue weighted by molar-refractivity contribution is 5.09. The van der Waals surface area contributed by atoms with Gasteiger partial charge in [-0.15, -0.1) is 0 Å². The third-order valence-electron chi connectivity index (χ3n) is 3.65. The second-order valence-electron chi connectivity index (χ2n) is 5.71. The van der Waals surface area contributed by atoms with E-state index in [9.17, 15) is 0 Å². The zero-order valence-electron chi connectivity index (χ0n) is 13.7. The lowest BCUT2D eigenvalue weighted by atomic mass is 10.1. The summed E-state index contributed by atoms with van der Waals surface area (Å²) in [6.45, 7) is 9.77. The summed E-state index contributed by atoms with van der Waals surface area (Å²) < 4.78 is 0. The topological polar surface area (TPSA) is 28.2 Å². The van der Waals surface area contributed by atoms with Gasteiger partial charge in [0.05, 0.1) is 5.69 Å². The Balaban J connectivity index is 2.23. The molecule has 1 atom stereocenters. The molecular formula is C17H31N3. The number of nitrogens with zero attached hydrogens (tertiary/aromatic N) is 2. The van der Waals surface area contributed by atoms with Crippen LogP contribution in [0.4, 0.5) is 0 Å². The van der Waals surface area contributed by atoms with E-state index in [1.165, 1.54) is 31.4 Å². The van der Waals surface area contributed by atoms with Gasteiger partial charge >= 0.3 is 0 Å². The van der Waals surface area contributed by atoms with E-state index in [1.807, 2.05) is 0 Å². The van der Waals surface area contributed by atoms with Crippen LogP contribution in [0.3, 0.4) is 0 Å². The van der Waals surface area contributed by atoms with Gasteiger partial charge < -0.3 is 10.2 Å². The molecule has 0 saturated heterocycles. The molecule has 0 aliphatic carbocycles. The van der Waals surface area contributed by atoms with Crippen LogP contribution in [0.25, 0.3) is 0 Å². The standard InChI is InChI=1S/C17H31N3/c1-5-12-18-16(6-2)11-8-13-20(4)14-17-10-7-9-15(3)19-17/h7,9-10,16,18H,5-6,8,11-14H2,1-4H3. The maximum absolute atomic E-state index is 4.56. The summed E-state index contributed by atoms with van der Waals surface area (Å²) in [4.78, 5) is 6.93. The summed E-state index contributed by atoms with van der Waals surface area (Å²) in [5, 5.41) is 3.62. The average molecular weight is 277 g/mol. The second-order valence-corrected chi connectivity index (χ2v) is 5.71. The lowest BCUT2D eigenvalue weighted by Crippen LogP contribution is -2.30. The fourth-order valence-electron chi connectivity index (χ4n) is 2.45. The molecule has 0 bridgehead atoms. The fourth-order valence-corrected chi connectivity index (χ4v) is 2.45. The van der Waals surface area contributed by atoms with Crippen LogP contribution in [0.5, 0.6) is 0 Å². The second kappa shape index (κ2) is 9.89. The lowest BCUT2D eigenvalue weighted by Gasteiger charge is -2.20. The Morgan fingerprint density at radius 2 is 2.10 bits per heavy atom. The van der Waals surface area contributed by atoms with Gasteiger partial charge in [-0.1, -0.05) is 19.9 Å². The molecule has 0 aliphatic heterocycles. The quantitative estimate of drug-likeness (QED) is 0.710. The van der Waals surface area contributed by atoms with E-state index in [1.54, 1.807) is 0 Å². The van der Waals surface area contributed by atoms with Gasteiger partial charge in [-0.3, -0.25) is 4.98 Å². The van der Waals surface area contributed by atoms with Crippen molar-refractivity contribution in [1.82, 2.24) is 15.2 Å². The molecule has 1 N–H and O–H groups in total. The van der Waals surface area contributed by atoms with Gasteiger partial charge in [0.25, 0.3) is 0 Å². The predicted octanol–water partition coefficient (Wildman–Crippen LogP) is 3.38. The highest BCUT2D eigenvalue weighted by Crippen LogP contribution is 2.06. The largest absolute Gasteiger partial charge is 0.314 e. The van der Waals surface area contributed by atoms with E-state index in [2.05, 4.69) is 61.2 Å². The van der Waals surface area contributed by atoms with Gasteiger partial charge in [0.2, 0.25) is 0 Å². The van der Waals surface area contributed by atoms with Crippen LogP contribution in [-0.2, 0) is 6.54 Å². The van der Waals surface area contributed by atoms with Crippen molar-refractivity contribution in [2.24, 2.45) is 0 Å². The maximum Gasteiger partial charge on any atom is 0.0547 e. The predicted molar refractivity (Wildman–Crippen MR) is 86.9 cm³/mol. The number of pyridine rings is 1. The van der Waals surface area contributed by atoms with Crippen LogP contribution in [0.1, 0.15) is 50.9 Å². The molecule has 0 radical (unpaired) electrons. The van der Waals surface area contributed by atoms with E-state index < -0.39 is 0 Å². The Morgan fingerprint density at radius 3 is 2.75 bits per heavy atom. The number of hydrogen-bond donors (Lipinski definition) is 1. The van der Waals surface area contributed by atoms with Crippen LogP contribution in [-0.4, -0.2) is 36.1 Å². The van der Waals surface area contributed by atoms with Crippen molar-refractivity contribution < 1.29 is 0 Å². The zero-order valence-corrected chi connectivity index (χ0v) is 13.7. The number of rotatable bonds is 10. The van der Waals surface area contributed by atoms with Gasteiger partial charge in [0.1, 0.15) is 0 Å². The number of aryl methyl sites for hydroxylation is 1. The van der Waals surface area contributed by atoms with E-state index in [4.69, 9.17) is 0 Å². The van der Waals surface area contributed by atoms with E-state index in [-0.39, 0.29) is 0 Å². The van der Waals surface area contributed by atoms with Gasteiger partial charge in [-0.05, 0) is 64.9 Å². The van der Waals surface area contributed by atoms with Gasteiger partial charge in [-0.25, -0.2) is 0 Å². The molecule has 3 heteroatoms. The van der Waals surface area contributed by atoms with Gasteiger partial charge in [0.15, 0.2) is 0 Å². The van der Waals surface area contributed by atoms with Crippen molar-refractivity contribution in [3.63, 3.8) is 0 Å². The van der Waals surface area contributed by atoms with E-state index >= 15 is 0 Å². The number of hydrogen-bond acceptors (Lipinski definition) is 3. The fraction of sp³-hybridized carbons (Fsp3) is 0.706. The molecular weight excluding hydrogens is 246 g/mol. The molecule has 0 aliphatic rings. The molecule has 0 aromatic carbocycles. The van der Waals surface area contributed by atoms with Crippen molar-refractivity contribution >= 4 is 0 Å². The maximum atomic E-state index is 4.56. The van der Waals surface area contributed by atoms with Crippen LogP contribution in [0.15, 0.2) is 18.2 Å². The van der Waals surface area contributed by atoms with Crippen LogP contribution in [0.2, 0.25) is 0 Å². The minimum atomic E-state index is 0.681. The van der Waals surface area contributed by atoms with Crippen molar-refractivity contribution in [3.8, 4) is 0 Å². The summed E-state index contributed by atoms with van der Waals surface area (Å²) >= 11 is 0. The van der Waals surface area contributed by atoms with Crippen LogP contribution in [0, 0.1) is 6.92 Å². The summed E-state index contributed by atoms with van der Waals surface area (Å²) in [5.74, 6) is 0. The highest BCUT2D eigenvalue weighted by atomic mass is 15.1. The van der Waals surface area contributed by atoms with Gasteiger partial charge in [-0.2, -0.15) is 0 Å². The van der Waals surface area contributed by atoms with Crippen molar-refractivity contribution in [3.05, 3.63) is 29.6 Å². The minimum absolute atomic E-state index is 0.681. The van der Waals surface area contributed by atoms with E-state index in [0.29, 0.717) is 6.04 Å². The molecule has 114 valence electrons. The first kappa shape index (κ1) is 17.1. The smallest absolute Gasteiger partial charge is 0.0547 e. The van der Waals surface area contributed by atoms with Crippen molar-refractivity contribution in [1.29, 1.82) is 0 Å². The Bertz CT molecular complexity index is 365. The third-order valence-corrected chi connectivity index (χ3v) is 3.65. The van der Waals surface area contributed by atoms with Crippen molar-refractivity contribution in [2.75, 3.05) is 20.1 Å². The SMILES string of the molecule is CCCNC(CC)CCCN(C)Cc1cccc(C)n1. The summed E-state index contributed by atoms with van der Waals surface area (Å²) in [6.07, 6.45) is 4.96. The first-order chi connectivity index (χ1) is 9.65. The highest BCUT2D eigenvalue weighted by Gasteiger charge is 2.06. The molecule has 1 aromatic rings. The molecule has 0 fully saturated rings. The Hall–Kier alpha value is -0.930. The molecule has 0 amide bonds. The van der Waals surface area contributed by atoms with Gasteiger partial charge in [0, 0.05) is 18.3 Å². The molecule has 1 unspecified atom stereocenters. The molecule has 0 saturated carbocycles. The van der Waals surface area contributed by atoms with E-state index in [0.717, 1.165) is 25.3 Å². The molecule has 0 spiro atoms. The van der Waals surface area contributed by atoms with Crippen LogP contribution < -0.4 is 5.32 Å². The monoisotopic (exact) mass is 277 g/mol. The first-order valence-corrected chi connectivity index (χ1v) is 8.00. The van der Waals surface area contributed by atoms with Crippen LogP contribution >= 0.6 is 0 Å². The third kappa shape index (κ3) is 7.01. The average Bonchev–Trinajstić information content (AvgIpc) is 2.42.